The van der Waals surface area contributed by atoms with Gasteiger partial charge in [-0.15, -0.1) is 0 Å². The monoisotopic (exact) mass is 457 g/mol. The molecule has 1 fully saturated rings. The number of aromatic amines is 1. The van der Waals surface area contributed by atoms with E-state index in [1.165, 1.54) is 5.39 Å². The van der Waals surface area contributed by atoms with E-state index in [-0.39, 0.29) is 5.91 Å². The number of nitrogens with one attached hydrogen (secondary N) is 1. The van der Waals surface area contributed by atoms with E-state index in [1.807, 2.05) is 53.6 Å². The lowest BCUT2D eigenvalue weighted by atomic mass is 10.1. The smallest absolute Gasteiger partial charge is 0.246 e. The van der Waals surface area contributed by atoms with Crippen molar-refractivity contribution in [2.75, 3.05) is 33.3 Å². The summed E-state index contributed by atoms with van der Waals surface area (Å²) in [5, 5.41) is 5.33. The van der Waals surface area contributed by atoms with Crippen molar-refractivity contribution in [2.24, 2.45) is 0 Å². The Hall–Kier alpha value is -3.91. The van der Waals surface area contributed by atoms with Gasteiger partial charge in [-0.2, -0.15) is 4.98 Å². The molecule has 0 spiro atoms. The van der Waals surface area contributed by atoms with E-state index in [4.69, 9.17) is 9.26 Å². The maximum absolute atomic E-state index is 12.6. The lowest BCUT2D eigenvalue weighted by Gasteiger charge is -2.33. The number of aromatic nitrogens is 3. The van der Waals surface area contributed by atoms with Crippen LogP contribution in [0.4, 0.5) is 0 Å². The maximum atomic E-state index is 12.6. The molecule has 0 bridgehead atoms. The average molecular weight is 458 g/mol. The van der Waals surface area contributed by atoms with Gasteiger partial charge in [-0.25, -0.2) is 0 Å². The van der Waals surface area contributed by atoms with E-state index in [0.29, 0.717) is 37.8 Å². The molecule has 8 heteroatoms. The first kappa shape index (κ1) is 21.9. The summed E-state index contributed by atoms with van der Waals surface area (Å²) in [5.41, 5.74) is 3.12. The van der Waals surface area contributed by atoms with E-state index in [2.05, 4.69) is 32.2 Å². The fraction of sp³-hybridized carbons (Fsp3) is 0.269. The van der Waals surface area contributed by atoms with Crippen LogP contribution < -0.4 is 4.74 Å². The van der Waals surface area contributed by atoms with Crippen molar-refractivity contribution in [3.63, 3.8) is 0 Å². The minimum atomic E-state index is 0.00568. The number of para-hydroxylation sites is 2. The average Bonchev–Trinajstić information content (AvgIpc) is 3.50. The highest BCUT2D eigenvalue weighted by molar-refractivity contribution is 5.92. The van der Waals surface area contributed by atoms with E-state index in [1.54, 1.807) is 13.2 Å². The summed E-state index contributed by atoms with van der Waals surface area (Å²) in [5.74, 6) is 2.03. The van der Waals surface area contributed by atoms with Gasteiger partial charge in [-0.05, 0) is 23.8 Å². The van der Waals surface area contributed by atoms with Crippen LogP contribution in [0.3, 0.4) is 0 Å². The molecule has 1 saturated heterocycles. The molecule has 3 heterocycles. The van der Waals surface area contributed by atoms with E-state index < -0.39 is 0 Å². The van der Waals surface area contributed by atoms with Crippen LogP contribution in [0.2, 0.25) is 0 Å². The third-order valence-corrected chi connectivity index (χ3v) is 6.12. The highest BCUT2D eigenvalue weighted by Gasteiger charge is 2.21. The Morgan fingerprint density at radius 2 is 1.91 bits per heavy atom. The second-order valence-corrected chi connectivity index (χ2v) is 8.32. The summed E-state index contributed by atoms with van der Waals surface area (Å²) in [7, 11) is 1.63. The van der Waals surface area contributed by atoms with Crippen LogP contribution in [0.5, 0.6) is 5.75 Å². The zero-order valence-corrected chi connectivity index (χ0v) is 19.1. The zero-order valence-electron chi connectivity index (χ0n) is 19.1. The van der Waals surface area contributed by atoms with Crippen LogP contribution in [0.25, 0.3) is 17.0 Å². The van der Waals surface area contributed by atoms with Crippen LogP contribution in [-0.2, 0) is 17.8 Å². The second kappa shape index (κ2) is 9.93. The fourth-order valence-electron chi connectivity index (χ4n) is 4.26. The molecule has 2 aromatic carbocycles. The van der Waals surface area contributed by atoms with Crippen molar-refractivity contribution in [3.8, 4) is 5.75 Å². The number of carbonyl (C=O) groups is 1. The third kappa shape index (κ3) is 4.87. The van der Waals surface area contributed by atoms with E-state index in [0.717, 1.165) is 35.5 Å². The van der Waals surface area contributed by atoms with Gasteiger partial charge in [0.15, 0.2) is 5.82 Å². The van der Waals surface area contributed by atoms with Gasteiger partial charge in [0.25, 0.3) is 0 Å². The van der Waals surface area contributed by atoms with Crippen LogP contribution in [-0.4, -0.2) is 64.1 Å². The maximum Gasteiger partial charge on any atom is 0.246 e. The van der Waals surface area contributed by atoms with E-state index >= 15 is 0 Å². The van der Waals surface area contributed by atoms with Gasteiger partial charge in [-0.1, -0.05) is 41.6 Å². The number of H-pyrrole nitrogens is 1. The van der Waals surface area contributed by atoms with Crippen molar-refractivity contribution in [3.05, 3.63) is 83.6 Å². The zero-order chi connectivity index (χ0) is 23.3. The molecular weight excluding hydrogens is 430 g/mol. The van der Waals surface area contributed by atoms with Crippen molar-refractivity contribution < 1.29 is 14.1 Å². The molecule has 1 amide bonds. The van der Waals surface area contributed by atoms with Crippen molar-refractivity contribution >= 4 is 22.9 Å². The summed E-state index contributed by atoms with van der Waals surface area (Å²) >= 11 is 0. The molecule has 1 aliphatic rings. The molecule has 174 valence electrons. The number of carbonyl (C=O) groups excluding carboxylic acids is 1. The van der Waals surface area contributed by atoms with Crippen molar-refractivity contribution in [2.45, 2.75) is 13.0 Å². The van der Waals surface area contributed by atoms with Crippen LogP contribution in [0.1, 0.15) is 22.8 Å². The fourth-order valence-corrected chi connectivity index (χ4v) is 4.26. The number of rotatable bonds is 7. The molecule has 34 heavy (non-hydrogen) atoms. The van der Waals surface area contributed by atoms with Crippen molar-refractivity contribution in [1.82, 2.24) is 24.9 Å². The molecule has 1 N–H and O–H groups in total. The third-order valence-electron chi connectivity index (χ3n) is 6.12. The van der Waals surface area contributed by atoms with Crippen LogP contribution >= 0.6 is 0 Å². The molecule has 5 rings (SSSR count). The minimum absolute atomic E-state index is 0.00568. The number of methoxy groups -OCH3 is 1. The standard InChI is InChI=1S/C26H27N5O3/c1-33-23-9-5-2-6-19(23)10-11-26(32)31-14-12-30(13-15-31)18-24-28-25(34-29-24)16-20-17-27-22-8-4-3-7-21(20)22/h2-11,17,27H,12-16,18H2,1H3/b11-10+. The first-order valence-electron chi connectivity index (χ1n) is 11.4. The predicted molar refractivity (Wildman–Crippen MR) is 129 cm³/mol. The topological polar surface area (TPSA) is 87.5 Å². The molecule has 4 aromatic rings. The summed E-state index contributed by atoms with van der Waals surface area (Å²) in [6.07, 6.45) is 6.01. The van der Waals surface area contributed by atoms with E-state index in [9.17, 15) is 4.79 Å². The summed E-state index contributed by atoms with van der Waals surface area (Å²) in [6.45, 7) is 3.46. The van der Waals surface area contributed by atoms with Crippen LogP contribution in [0, 0.1) is 0 Å². The summed E-state index contributed by atoms with van der Waals surface area (Å²) in [6, 6.07) is 15.8. The number of ether oxygens (including phenoxy) is 1. The summed E-state index contributed by atoms with van der Waals surface area (Å²) in [4.78, 5) is 24.6. The molecule has 8 nitrogen and oxygen atoms in total. The Morgan fingerprint density at radius 1 is 1.12 bits per heavy atom. The molecule has 1 aliphatic heterocycles. The molecule has 0 unspecified atom stereocenters. The van der Waals surface area contributed by atoms with Gasteiger partial charge in [-0.3, -0.25) is 9.69 Å². The number of amides is 1. The van der Waals surface area contributed by atoms with Gasteiger partial charge >= 0.3 is 0 Å². The second-order valence-electron chi connectivity index (χ2n) is 8.32. The summed E-state index contributed by atoms with van der Waals surface area (Å²) < 4.78 is 10.8. The number of benzene rings is 2. The SMILES string of the molecule is COc1ccccc1/C=C/C(=O)N1CCN(Cc2noc(Cc3c[nH]c4ccccc34)n2)CC1. The van der Waals surface area contributed by atoms with Gasteiger partial charge < -0.3 is 19.1 Å². The largest absolute Gasteiger partial charge is 0.496 e. The Kier molecular flexibility index (Phi) is 6.40. The molecular formula is C26H27N5O3. The minimum Gasteiger partial charge on any atom is -0.496 e. The predicted octanol–water partition coefficient (Wildman–Crippen LogP) is 3.51. The number of fused-ring (bicyclic) bond motifs is 1. The lowest BCUT2D eigenvalue weighted by molar-refractivity contribution is -0.127. The first-order chi connectivity index (χ1) is 16.7. The molecule has 2 aromatic heterocycles. The molecule has 0 atom stereocenters. The number of hydrogen-bond acceptors (Lipinski definition) is 6. The Bertz CT molecular complexity index is 1300. The quantitative estimate of drug-likeness (QED) is 0.428. The molecule has 0 saturated carbocycles. The van der Waals surface area contributed by atoms with Gasteiger partial charge in [0.05, 0.1) is 20.1 Å². The number of nitrogens with zero attached hydrogens (tertiary/aromatic N) is 4. The number of hydrogen-bond donors (Lipinski definition) is 1. The highest BCUT2D eigenvalue weighted by atomic mass is 16.5. The normalized spacial score (nSPS) is 14.8. The Labute approximate surface area is 197 Å². The van der Waals surface area contributed by atoms with Gasteiger partial charge in [0, 0.05) is 54.9 Å². The highest BCUT2D eigenvalue weighted by Crippen LogP contribution is 2.21. The number of piperazine rings is 1. The van der Waals surface area contributed by atoms with Gasteiger partial charge in [0.2, 0.25) is 11.8 Å². The Balaban J connectivity index is 1.13. The Morgan fingerprint density at radius 3 is 2.76 bits per heavy atom. The molecule has 0 radical (unpaired) electrons. The van der Waals surface area contributed by atoms with Crippen LogP contribution in [0.15, 0.2) is 65.3 Å². The first-order valence-corrected chi connectivity index (χ1v) is 11.4. The van der Waals surface area contributed by atoms with Gasteiger partial charge in [0.1, 0.15) is 5.75 Å². The lowest BCUT2D eigenvalue weighted by Crippen LogP contribution is -2.47. The van der Waals surface area contributed by atoms with Crippen molar-refractivity contribution in [1.29, 1.82) is 0 Å². The molecule has 0 aliphatic carbocycles.